The summed E-state index contributed by atoms with van der Waals surface area (Å²) in [6.07, 6.45) is 0. The summed E-state index contributed by atoms with van der Waals surface area (Å²) in [5.74, 6) is 0. The summed E-state index contributed by atoms with van der Waals surface area (Å²) in [5, 5.41) is 9.61. The molecule has 0 fully saturated rings. The number of para-hydroxylation sites is 4. The molecule has 3 nitrogen and oxygen atoms in total. The largest absolute Gasteiger partial charge is 0.455 e. The van der Waals surface area contributed by atoms with Crippen LogP contribution in [0, 0.1) is 0 Å². The third-order valence-corrected chi connectivity index (χ3v) is 12.0. The van der Waals surface area contributed by atoms with E-state index in [-0.39, 0.29) is 0 Å². The first kappa shape index (κ1) is 33.3. The molecule has 0 saturated heterocycles. The normalized spacial score (nSPS) is 11.7. The average Bonchev–Trinajstić information content (AvgIpc) is 3.86. The van der Waals surface area contributed by atoms with Crippen molar-refractivity contribution in [1.82, 2.24) is 4.57 Å². The van der Waals surface area contributed by atoms with Crippen molar-refractivity contribution in [2.45, 2.75) is 0 Å². The van der Waals surface area contributed by atoms with Crippen molar-refractivity contribution in [2.75, 3.05) is 4.90 Å². The molecular weight excluding hydrogens is 717 g/mol. The summed E-state index contributed by atoms with van der Waals surface area (Å²) in [7, 11) is 0. The minimum Gasteiger partial charge on any atom is -0.455 e. The van der Waals surface area contributed by atoms with Crippen molar-refractivity contribution in [1.29, 1.82) is 0 Å². The number of aromatic nitrogens is 1. The molecule has 0 aliphatic rings. The topological polar surface area (TPSA) is 21.3 Å². The van der Waals surface area contributed by atoms with E-state index in [9.17, 15) is 0 Å². The molecule has 2 aromatic heterocycles. The van der Waals surface area contributed by atoms with E-state index in [1.165, 1.54) is 54.5 Å². The Kier molecular flexibility index (Phi) is 7.54. The summed E-state index contributed by atoms with van der Waals surface area (Å²) < 4.78 is 8.88. The van der Waals surface area contributed by atoms with E-state index in [0.29, 0.717) is 0 Å². The zero-order chi connectivity index (χ0) is 38.9. The van der Waals surface area contributed by atoms with Gasteiger partial charge in [-0.15, -0.1) is 0 Å². The Morgan fingerprint density at radius 3 is 1.64 bits per heavy atom. The molecule has 0 aliphatic carbocycles. The quantitative estimate of drug-likeness (QED) is 0.169. The molecule has 0 unspecified atom stereocenters. The van der Waals surface area contributed by atoms with Gasteiger partial charge in [-0.1, -0.05) is 158 Å². The molecule has 0 aliphatic heterocycles. The first-order valence-electron chi connectivity index (χ1n) is 20.2. The fourth-order valence-electron chi connectivity index (χ4n) is 9.20. The SMILES string of the molecule is c1ccc2cc(-c3ccc(N(c4ccc(-c5cccc6c5oc5ccccc56)cc4)c4ccc(-n5c6ccccc6c6ccccc65)c5ccccc45)cc3)ccc2c1. The standard InChI is InChI=1S/C56H36N2O/c1-2-13-40-36-41(25-24-37(40)12-1)38-26-30-42(31-27-38)57(43-32-28-39(29-33-43)44-19-11-20-50-49-18-7-10-23-55(49)59-56(44)50)53-34-35-54(48-15-4-3-14-47(48)53)58-51-21-8-5-16-45(51)46-17-6-9-22-52(46)58/h1-36H. The number of benzene rings is 10. The monoisotopic (exact) mass is 752 g/mol. The molecule has 59 heavy (non-hydrogen) atoms. The zero-order valence-corrected chi connectivity index (χ0v) is 32.1. The van der Waals surface area contributed by atoms with Crippen LogP contribution in [0.4, 0.5) is 17.1 Å². The summed E-state index contributed by atoms with van der Waals surface area (Å²) in [5.41, 5.74) is 13.2. The third kappa shape index (κ3) is 5.36. The Bertz CT molecular complexity index is 3500. The van der Waals surface area contributed by atoms with Crippen LogP contribution in [-0.2, 0) is 0 Å². The molecule has 0 N–H and O–H groups in total. The minimum absolute atomic E-state index is 0.904. The van der Waals surface area contributed by atoms with Crippen LogP contribution >= 0.6 is 0 Å². The van der Waals surface area contributed by atoms with Crippen molar-refractivity contribution in [3.05, 3.63) is 218 Å². The zero-order valence-electron chi connectivity index (χ0n) is 32.1. The van der Waals surface area contributed by atoms with Crippen LogP contribution in [0.15, 0.2) is 223 Å². The van der Waals surface area contributed by atoms with E-state index in [0.717, 1.165) is 55.8 Å². The van der Waals surface area contributed by atoms with Gasteiger partial charge in [0.2, 0.25) is 0 Å². The van der Waals surface area contributed by atoms with Gasteiger partial charge in [0.05, 0.1) is 22.4 Å². The van der Waals surface area contributed by atoms with E-state index >= 15 is 0 Å². The molecule has 0 saturated carbocycles. The maximum Gasteiger partial charge on any atom is 0.143 e. The van der Waals surface area contributed by atoms with Crippen LogP contribution < -0.4 is 4.90 Å². The first-order valence-corrected chi connectivity index (χ1v) is 20.2. The summed E-state index contributed by atoms with van der Waals surface area (Å²) in [6, 6.07) is 78.8. The number of fused-ring (bicyclic) bond motifs is 8. The van der Waals surface area contributed by atoms with Crippen molar-refractivity contribution in [3.63, 3.8) is 0 Å². The number of anilines is 3. The lowest BCUT2D eigenvalue weighted by Crippen LogP contribution is -2.11. The fourth-order valence-corrected chi connectivity index (χ4v) is 9.20. The molecule has 3 heteroatoms. The van der Waals surface area contributed by atoms with Gasteiger partial charge in [0.25, 0.3) is 0 Å². The second-order valence-corrected chi connectivity index (χ2v) is 15.3. The van der Waals surface area contributed by atoms with E-state index in [1.54, 1.807) is 0 Å². The van der Waals surface area contributed by atoms with Crippen LogP contribution in [0.25, 0.3) is 93.2 Å². The molecule has 12 aromatic rings. The number of nitrogens with zero attached hydrogens (tertiary/aromatic N) is 2. The Hall–Kier alpha value is -7.88. The maximum absolute atomic E-state index is 6.46. The highest BCUT2D eigenvalue weighted by atomic mass is 16.3. The maximum atomic E-state index is 6.46. The molecule has 276 valence electrons. The number of furan rings is 1. The lowest BCUT2D eigenvalue weighted by molar-refractivity contribution is 0.670. The molecule has 0 amide bonds. The van der Waals surface area contributed by atoms with Crippen molar-refractivity contribution in [3.8, 4) is 27.9 Å². The second kappa shape index (κ2) is 13.4. The van der Waals surface area contributed by atoms with Crippen molar-refractivity contribution in [2.24, 2.45) is 0 Å². The van der Waals surface area contributed by atoms with Gasteiger partial charge in [0, 0.05) is 49.3 Å². The lowest BCUT2D eigenvalue weighted by Gasteiger charge is -2.28. The first-order chi connectivity index (χ1) is 29.3. The Morgan fingerprint density at radius 2 is 0.915 bits per heavy atom. The predicted molar refractivity (Wildman–Crippen MR) is 249 cm³/mol. The van der Waals surface area contributed by atoms with E-state index < -0.39 is 0 Å². The summed E-state index contributed by atoms with van der Waals surface area (Å²) >= 11 is 0. The molecule has 0 atom stereocenters. The number of hydrogen-bond acceptors (Lipinski definition) is 2. The van der Waals surface area contributed by atoms with Gasteiger partial charge >= 0.3 is 0 Å². The third-order valence-electron chi connectivity index (χ3n) is 12.0. The minimum atomic E-state index is 0.904. The summed E-state index contributed by atoms with van der Waals surface area (Å²) in [6.45, 7) is 0. The fraction of sp³-hybridized carbons (Fsp3) is 0. The van der Waals surface area contributed by atoms with E-state index in [1.807, 2.05) is 12.1 Å². The summed E-state index contributed by atoms with van der Waals surface area (Å²) in [4.78, 5) is 2.40. The van der Waals surface area contributed by atoms with Gasteiger partial charge in [0.1, 0.15) is 11.2 Å². The average molecular weight is 753 g/mol. The van der Waals surface area contributed by atoms with Gasteiger partial charge in [-0.05, 0) is 88.1 Å². The highest BCUT2D eigenvalue weighted by Crippen LogP contribution is 2.44. The van der Waals surface area contributed by atoms with Crippen LogP contribution in [0.2, 0.25) is 0 Å². The van der Waals surface area contributed by atoms with Gasteiger partial charge in [-0.25, -0.2) is 0 Å². The van der Waals surface area contributed by atoms with Crippen LogP contribution in [0.3, 0.4) is 0 Å². The van der Waals surface area contributed by atoms with Gasteiger partial charge in [0.15, 0.2) is 0 Å². The molecular formula is C56H36N2O. The van der Waals surface area contributed by atoms with E-state index in [4.69, 9.17) is 4.42 Å². The van der Waals surface area contributed by atoms with E-state index in [2.05, 4.69) is 216 Å². The molecule has 0 radical (unpaired) electrons. The predicted octanol–water partition coefficient (Wildman–Crippen LogP) is 15.8. The molecule has 2 heterocycles. The number of rotatable bonds is 6. The highest BCUT2D eigenvalue weighted by molar-refractivity contribution is 6.12. The Labute approximate surface area is 341 Å². The molecule has 10 aromatic carbocycles. The molecule has 0 spiro atoms. The molecule has 12 rings (SSSR count). The van der Waals surface area contributed by atoms with Crippen LogP contribution in [0.1, 0.15) is 0 Å². The van der Waals surface area contributed by atoms with Crippen molar-refractivity contribution >= 4 is 82.4 Å². The van der Waals surface area contributed by atoms with Gasteiger partial charge in [-0.3, -0.25) is 0 Å². The second-order valence-electron chi connectivity index (χ2n) is 15.3. The van der Waals surface area contributed by atoms with Gasteiger partial charge < -0.3 is 13.9 Å². The number of hydrogen-bond donors (Lipinski definition) is 0. The smallest absolute Gasteiger partial charge is 0.143 e. The Balaban J connectivity index is 1.03. The molecule has 0 bridgehead atoms. The highest BCUT2D eigenvalue weighted by Gasteiger charge is 2.20. The Morgan fingerprint density at radius 1 is 0.356 bits per heavy atom. The van der Waals surface area contributed by atoms with Crippen molar-refractivity contribution < 1.29 is 4.42 Å². The lowest BCUT2D eigenvalue weighted by atomic mass is 9.99. The van der Waals surface area contributed by atoms with Crippen LogP contribution in [0.5, 0.6) is 0 Å². The van der Waals surface area contributed by atoms with Crippen LogP contribution in [-0.4, -0.2) is 4.57 Å². The van der Waals surface area contributed by atoms with Gasteiger partial charge in [-0.2, -0.15) is 0 Å².